The van der Waals surface area contributed by atoms with Crippen molar-refractivity contribution in [2.45, 2.75) is 50.5 Å². The van der Waals surface area contributed by atoms with Crippen LogP contribution in [0, 0.1) is 11.8 Å². The summed E-state index contributed by atoms with van der Waals surface area (Å²) in [7, 11) is -1.60. The quantitative estimate of drug-likeness (QED) is 0.352. The second kappa shape index (κ2) is 8.83. The van der Waals surface area contributed by atoms with Gasteiger partial charge in [-0.25, -0.2) is 8.42 Å². The highest BCUT2D eigenvalue weighted by molar-refractivity contribution is 14.0. The zero-order valence-corrected chi connectivity index (χ0v) is 18.6. The molecule has 0 aromatic heterocycles. The Morgan fingerprint density at radius 2 is 1.88 bits per heavy atom. The molecule has 2 aliphatic rings. The van der Waals surface area contributed by atoms with Crippen molar-refractivity contribution in [1.29, 1.82) is 0 Å². The second-order valence-electron chi connectivity index (χ2n) is 7.62. The molecule has 0 spiro atoms. The number of rotatable bonds is 2. The molecular formula is C16H29F3IN3O2S. The van der Waals surface area contributed by atoms with Gasteiger partial charge in [-0.05, 0) is 32.6 Å². The smallest absolute Gasteiger partial charge is 0.356 e. The lowest BCUT2D eigenvalue weighted by Crippen LogP contribution is -2.57. The topological polar surface area (TPSA) is 61.8 Å². The number of aliphatic imine (C=N–C) groups is 1. The largest absolute Gasteiger partial charge is 0.392 e. The Kier molecular flexibility index (Phi) is 8.07. The van der Waals surface area contributed by atoms with Gasteiger partial charge >= 0.3 is 6.18 Å². The molecule has 2 rings (SSSR count). The SMILES string of the molecule is CN=C(NCC1CCCCC1C(F)(F)F)N1CCS(=O)(=O)C(C)(C)C1.I. The van der Waals surface area contributed by atoms with Crippen LogP contribution < -0.4 is 5.32 Å². The predicted octanol–water partition coefficient (Wildman–Crippen LogP) is 3.06. The van der Waals surface area contributed by atoms with E-state index in [1.807, 2.05) is 4.90 Å². The molecule has 0 bridgehead atoms. The van der Waals surface area contributed by atoms with Crippen LogP contribution in [0.1, 0.15) is 39.5 Å². The summed E-state index contributed by atoms with van der Waals surface area (Å²) in [6.07, 6.45) is -2.00. The maximum Gasteiger partial charge on any atom is 0.392 e. The first-order chi connectivity index (χ1) is 11.5. The Morgan fingerprint density at radius 3 is 2.42 bits per heavy atom. The summed E-state index contributed by atoms with van der Waals surface area (Å²) in [6, 6.07) is 0. The van der Waals surface area contributed by atoms with E-state index in [-0.39, 0.29) is 49.2 Å². The molecule has 10 heteroatoms. The highest BCUT2D eigenvalue weighted by Crippen LogP contribution is 2.41. The van der Waals surface area contributed by atoms with Crippen LogP contribution in [0.4, 0.5) is 13.2 Å². The molecule has 1 saturated heterocycles. The summed E-state index contributed by atoms with van der Waals surface area (Å²) in [4.78, 5) is 5.98. The molecule has 26 heavy (non-hydrogen) atoms. The molecule has 1 saturated carbocycles. The molecule has 154 valence electrons. The van der Waals surface area contributed by atoms with Crippen molar-refractivity contribution in [1.82, 2.24) is 10.2 Å². The van der Waals surface area contributed by atoms with Gasteiger partial charge in [0.1, 0.15) is 0 Å². The average Bonchev–Trinajstić information content (AvgIpc) is 2.51. The first-order valence-corrected chi connectivity index (χ1v) is 10.4. The predicted molar refractivity (Wildman–Crippen MR) is 108 cm³/mol. The molecule has 1 aliphatic heterocycles. The number of halogens is 4. The van der Waals surface area contributed by atoms with Crippen molar-refractivity contribution in [2.24, 2.45) is 16.8 Å². The van der Waals surface area contributed by atoms with E-state index in [1.54, 1.807) is 20.9 Å². The van der Waals surface area contributed by atoms with Gasteiger partial charge in [0.15, 0.2) is 15.8 Å². The Bertz CT molecular complexity index is 608. The minimum atomic E-state index is -4.17. The first kappa shape index (κ1) is 23.8. The number of alkyl halides is 3. The van der Waals surface area contributed by atoms with Crippen LogP contribution in [0.15, 0.2) is 4.99 Å². The van der Waals surface area contributed by atoms with Gasteiger partial charge in [-0.15, -0.1) is 24.0 Å². The van der Waals surface area contributed by atoms with Crippen LogP contribution in [0.3, 0.4) is 0 Å². The molecular weight excluding hydrogens is 482 g/mol. The van der Waals surface area contributed by atoms with E-state index >= 15 is 0 Å². The van der Waals surface area contributed by atoms with Crippen molar-refractivity contribution in [3.8, 4) is 0 Å². The number of guanidine groups is 1. The summed E-state index contributed by atoms with van der Waals surface area (Å²) in [5.74, 6) is -1.23. The molecule has 0 aromatic rings. The fourth-order valence-electron chi connectivity index (χ4n) is 3.76. The lowest BCUT2D eigenvalue weighted by molar-refractivity contribution is -0.195. The fourth-order valence-corrected chi connectivity index (χ4v) is 5.13. The van der Waals surface area contributed by atoms with E-state index in [4.69, 9.17) is 0 Å². The van der Waals surface area contributed by atoms with Gasteiger partial charge < -0.3 is 10.2 Å². The van der Waals surface area contributed by atoms with Crippen LogP contribution in [-0.4, -0.2) is 62.6 Å². The third kappa shape index (κ3) is 5.39. The van der Waals surface area contributed by atoms with Crippen molar-refractivity contribution < 1.29 is 21.6 Å². The summed E-state index contributed by atoms with van der Waals surface area (Å²) in [5.41, 5.74) is 0. The molecule has 2 fully saturated rings. The van der Waals surface area contributed by atoms with E-state index in [0.717, 1.165) is 6.42 Å². The van der Waals surface area contributed by atoms with E-state index < -0.39 is 32.6 Å². The van der Waals surface area contributed by atoms with E-state index in [0.29, 0.717) is 25.3 Å². The molecule has 0 radical (unpaired) electrons. The van der Waals surface area contributed by atoms with Gasteiger partial charge in [-0.3, -0.25) is 4.99 Å². The Morgan fingerprint density at radius 1 is 1.27 bits per heavy atom. The molecule has 0 amide bonds. The summed E-state index contributed by atoms with van der Waals surface area (Å²) >= 11 is 0. The number of hydrogen-bond acceptors (Lipinski definition) is 3. The van der Waals surface area contributed by atoms with Crippen LogP contribution in [0.5, 0.6) is 0 Å². The van der Waals surface area contributed by atoms with E-state index in [9.17, 15) is 21.6 Å². The Hall–Kier alpha value is -0.260. The molecule has 5 nitrogen and oxygen atoms in total. The van der Waals surface area contributed by atoms with E-state index in [1.165, 1.54) is 0 Å². The average molecular weight is 511 g/mol. The van der Waals surface area contributed by atoms with Gasteiger partial charge in [0.25, 0.3) is 0 Å². The maximum atomic E-state index is 13.2. The van der Waals surface area contributed by atoms with Gasteiger partial charge in [-0.2, -0.15) is 13.2 Å². The molecule has 0 aromatic carbocycles. The molecule has 1 heterocycles. The van der Waals surface area contributed by atoms with E-state index in [2.05, 4.69) is 10.3 Å². The number of nitrogens with zero attached hydrogens (tertiary/aromatic N) is 2. The minimum absolute atomic E-state index is 0. The third-order valence-electron chi connectivity index (χ3n) is 5.41. The summed E-state index contributed by atoms with van der Waals surface area (Å²) in [5, 5.41) is 3.06. The summed E-state index contributed by atoms with van der Waals surface area (Å²) < 4.78 is 62.9. The zero-order valence-electron chi connectivity index (χ0n) is 15.5. The van der Waals surface area contributed by atoms with Gasteiger partial charge in [0.05, 0.1) is 16.4 Å². The number of nitrogens with one attached hydrogen (secondary N) is 1. The number of sulfone groups is 1. The van der Waals surface area contributed by atoms with Gasteiger partial charge in [0.2, 0.25) is 0 Å². The molecule has 2 unspecified atom stereocenters. The Labute approximate surface area is 171 Å². The van der Waals surface area contributed by atoms with Crippen molar-refractivity contribution in [3.05, 3.63) is 0 Å². The monoisotopic (exact) mass is 511 g/mol. The van der Waals surface area contributed by atoms with Crippen molar-refractivity contribution in [2.75, 3.05) is 32.4 Å². The highest BCUT2D eigenvalue weighted by atomic mass is 127. The third-order valence-corrected chi connectivity index (χ3v) is 7.94. The van der Waals surface area contributed by atoms with Crippen molar-refractivity contribution >= 4 is 39.8 Å². The molecule has 1 aliphatic carbocycles. The minimum Gasteiger partial charge on any atom is -0.356 e. The number of hydrogen-bond donors (Lipinski definition) is 1. The second-order valence-corrected chi connectivity index (χ2v) is 10.4. The van der Waals surface area contributed by atoms with Crippen LogP contribution in [0.25, 0.3) is 0 Å². The maximum absolute atomic E-state index is 13.2. The fraction of sp³-hybridized carbons (Fsp3) is 0.938. The highest BCUT2D eigenvalue weighted by Gasteiger charge is 2.45. The Balaban J connectivity index is 0.00000338. The lowest BCUT2D eigenvalue weighted by atomic mass is 9.79. The lowest BCUT2D eigenvalue weighted by Gasteiger charge is -2.40. The van der Waals surface area contributed by atoms with Gasteiger partial charge in [-0.1, -0.05) is 12.8 Å². The standard InChI is InChI=1S/C16H28F3N3O2S.HI/c1-15(2)11-22(8-9-25(15,23)24)14(20-3)21-10-12-6-4-5-7-13(12)16(17,18)19;/h12-13H,4-11H2,1-3H3,(H,20,21);1H. The van der Waals surface area contributed by atoms with Gasteiger partial charge in [0, 0.05) is 26.7 Å². The van der Waals surface area contributed by atoms with Crippen LogP contribution in [-0.2, 0) is 9.84 Å². The first-order valence-electron chi connectivity index (χ1n) is 8.72. The van der Waals surface area contributed by atoms with Crippen molar-refractivity contribution in [3.63, 3.8) is 0 Å². The summed E-state index contributed by atoms with van der Waals surface area (Å²) in [6.45, 7) is 4.13. The normalized spacial score (nSPS) is 29.0. The zero-order chi connectivity index (χ0) is 18.9. The molecule has 2 atom stereocenters. The molecule has 1 N–H and O–H groups in total. The van der Waals surface area contributed by atoms with Crippen LogP contribution >= 0.6 is 24.0 Å². The van der Waals surface area contributed by atoms with Crippen LogP contribution in [0.2, 0.25) is 0 Å².